The van der Waals surface area contributed by atoms with Crippen molar-refractivity contribution in [1.82, 2.24) is 9.97 Å². The number of hydrogen-bond acceptors (Lipinski definition) is 3. The van der Waals surface area contributed by atoms with Crippen molar-refractivity contribution >= 4 is 49.2 Å². The molecule has 3 aromatic heterocycles. The van der Waals surface area contributed by atoms with Gasteiger partial charge in [-0.05, 0) is 40.2 Å². The van der Waals surface area contributed by atoms with E-state index in [0.717, 1.165) is 78.3 Å². The van der Waals surface area contributed by atoms with Gasteiger partial charge in [-0.3, -0.25) is 0 Å². The monoisotopic (exact) mass is 882 g/mol. The molecule has 0 spiro atoms. The number of benzene rings is 3. The number of fused-ring (bicyclic) bond motifs is 3. The van der Waals surface area contributed by atoms with Gasteiger partial charge in [0.25, 0.3) is 0 Å². The van der Waals surface area contributed by atoms with Crippen LogP contribution in [0, 0.1) is 24.0 Å². The fourth-order valence-electron chi connectivity index (χ4n) is 6.15. The standard InChI is InChI=1S/C24H22NS.C18H24GeN.Ir/c1-2-7-17(8-3-1)15-18-13-14-25-22(16-18)21-11-6-10-20-19-9-4-5-12-23(19)26-24(20)21;1-14(2)11-16-12-18(15-9-7-6-8-10-15)20-13-17(16)19(3,4)5;/h4-6,9-10,12-14,16-17H,1-3,7-8,15H2;6-9,12-14H,11H2,1-5H3;/q2*-1;/i5D,15D2;11D2;. The number of pyridine rings is 2. The first-order chi connectivity index (χ1) is 24.2. The molecule has 1 aliphatic carbocycles. The third-order valence-electron chi connectivity index (χ3n) is 8.41. The van der Waals surface area contributed by atoms with Crippen molar-refractivity contribution in [3.05, 3.63) is 114 Å². The van der Waals surface area contributed by atoms with Gasteiger partial charge in [0, 0.05) is 33.7 Å². The van der Waals surface area contributed by atoms with Crippen molar-refractivity contribution in [3.63, 3.8) is 0 Å². The molecular formula is C42H46GeIrN2S-2. The van der Waals surface area contributed by atoms with Crippen LogP contribution in [0.2, 0.25) is 17.3 Å². The molecule has 0 saturated heterocycles. The minimum absolute atomic E-state index is 0. The average molecular weight is 881 g/mol. The maximum Gasteiger partial charge on any atom is 0.0623 e. The van der Waals surface area contributed by atoms with E-state index in [0.29, 0.717) is 11.6 Å². The van der Waals surface area contributed by atoms with Gasteiger partial charge in [-0.15, -0.1) is 23.8 Å². The Morgan fingerprint density at radius 3 is 2.49 bits per heavy atom. The van der Waals surface area contributed by atoms with Gasteiger partial charge in [0.1, 0.15) is 0 Å². The Kier molecular flexibility index (Phi) is 10.1. The van der Waals surface area contributed by atoms with Crippen LogP contribution < -0.4 is 4.40 Å². The summed E-state index contributed by atoms with van der Waals surface area (Å²) >= 11 is -0.549. The Morgan fingerprint density at radius 2 is 1.74 bits per heavy atom. The van der Waals surface area contributed by atoms with Crippen molar-refractivity contribution in [2.75, 3.05) is 0 Å². The largest absolute Gasteiger partial charge is 0.305 e. The van der Waals surface area contributed by atoms with Crippen LogP contribution in [-0.2, 0) is 32.9 Å². The SMILES string of the molecule is [2H]C([2H])(c1cc(-c2[c-]cccc2)nc[c]1[Ge]([CH3])([CH3])[CH3])C(C)C.[2H]c1ccc2c(c1)sc1c(-c3cc(C([2H])([2H])C4CCCCC4)ccn3)[c-]ccc12.[Ir]. The second-order valence-electron chi connectivity index (χ2n) is 13.5. The zero-order valence-corrected chi connectivity index (χ0v) is 33.2. The van der Waals surface area contributed by atoms with E-state index in [-0.39, 0.29) is 31.9 Å². The fraction of sp³-hybridized carbons (Fsp3) is 0.333. The third-order valence-corrected chi connectivity index (χ3v) is 13.8. The summed E-state index contributed by atoms with van der Waals surface area (Å²) < 4.78 is 46.0. The Hall–Kier alpha value is -2.63. The summed E-state index contributed by atoms with van der Waals surface area (Å²) in [5.41, 5.74) is 4.93. The minimum atomic E-state index is -2.20. The summed E-state index contributed by atoms with van der Waals surface area (Å²) in [7, 11) is 0. The molecule has 0 unspecified atom stereocenters. The van der Waals surface area contributed by atoms with Gasteiger partial charge in [-0.1, -0.05) is 67.3 Å². The van der Waals surface area contributed by atoms with E-state index >= 15 is 0 Å². The summed E-state index contributed by atoms with van der Waals surface area (Å²) in [5.74, 6) is 6.85. The van der Waals surface area contributed by atoms with E-state index in [2.05, 4.69) is 45.4 Å². The predicted octanol–water partition coefficient (Wildman–Crippen LogP) is 11.3. The smallest absolute Gasteiger partial charge is 0.0623 e. The molecule has 0 amide bonds. The quantitative estimate of drug-likeness (QED) is 0.118. The molecule has 1 saturated carbocycles. The third kappa shape index (κ3) is 8.89. The van der Waals surface area contributed by atoms with Crippen molar-refractivity contribution < 1.29 is 27.0 Å². The van der Waals surface area contributed by atoms with Crippen molar-refractivity contribution in [2.24, 2.45) is 11.8 Å². The van der Waals surface area contributed by atoms with Gasteiger partial charge in [-0.2, -0.15) is 11.3 Å². The van der Waals surface area contributed by atoms with E-state index in [1.165, 1.54) is 6.42 Å². The van der Waals surface area contributed by atoms with E-state index in [1.54, 1.807) is 17.5 Å². The van der Waals surface area contributed by atoms with Crippen LogP contribution in [0.4, 0.5) is 0 Å². The maximum atomic E-state index is 8.81. The van der Waals surface area contributed by atoms with Crippen LogP contribution in [-0.4, -0.2) is 23.2 Å². The van der Waals surface area contributed by atoms with Crippen molar-refractivity contribution in [1.29, 1.82) is 0 Å². The van der Waals surface area contributed by atoms with Crippen LogP contribution in [0.3, 0.4) is 0 Å². The fourth-order valence-corrected chi connectivity index (χ4v) is 10.3. The van der Waals surface area contributed by atoms with Gasteiger partial charge in [0.2, 0.25) is 0 Å². The number of thiophene rings is 1. The number of nitrogens with zero attached hydrogens (tertiary/aromatic N) is 2. The Bertz CT molecular complexity index is 2140. The van der Waals surface area contributed by atoms with Gasteiger partial charge in [-0.25, -0.2) is 0 Å². The first kappa shape index (κ1) is 29.3. The summed E-state index contributed by atoms with van der Waals surface area (Å²) in [6.07, 6.45) is 6.32. The molecule has 2 nitrogen and oxygen atoms in total. The molecule has 0 atom stereocenters. The second kappa shape index (κ2) is 16.2. The average Bonchev–Trinajstić information content (AvgIpc) is 3.50. The zero-order chi connectivity index (χ0) is 36.6. The van der Waals surface area contributed by atoms with Gasteiger partial charge in [0.05, 0.1) is 1.37 Å². The van der Waals surface area contributed by atoms with E-state index in [1.807, 2.05) is 86.8 Å². The minimum Gasteiger partial charge on any atom is -0.305 e. The number of aromatic nitrogens is 2. The molecule has 1 radical (unpaired) electrons. The Balaban J connectivity index is 0.000000205. The van der Waals surface area contributed by atoms with Gasteiger partial charge < -0.3 is 4.98 Å². The molecule has 0 aliphatic heterocycles. The molecule has 245 valence electrons. The molecule has 47 heavy (non-hydrogen) atoms. The van der Waals surface area contributed by atoms with Crippen LogP contribution in [0.25, 0.3) is 42.7 Å². The van der Waals surface area contributed by atoms with Crippen LogP contribution in [0.1, 0.15) is 63.9 Å². The number of hydrogen-bond donors (Lipinski definition) is 0. The van der Waals surface area contributed by atoms with Crippen molar-refractivity contribution in [2.45, 2.75) is 76.0 Å². The van der Waals surface area contributed by atoms with Crippen molar-refractivity contribution in [3.8, 4) is 22.5 Å². The first-order valence-electron chi connectivity index (χ1n) is 19.0. The molecule has 0 N–H and O–H groups in total. The van der Waals surface area contributed by atoms with Crippen LogP contribution in [0.15, 0.2) is 91.2 Å². The van der Waals surface area contributed by atoms with Gasteiger partial charge >= 0.3 is 128 Å². The van der Waals surface area contributed by atoms with Crippen LogP contribution in [0.5, 0.6) is 0 Å². The number of rotatable bonds is 7. The predicted molar refractivity (Wildman–Crippen MR) is 202 cm³/mol. The molecule has 1 aliphatic rings. The molecule has 5 heteroatoms. The van der Waals surface area contributed by atoms with Gasteiger partial charge in [0.15, 0.2) is 0 Å². The molecular weight excluding hydrogens is 829 g/mol. The summed E-state index contributed by atoms with van der Waals surface area (Å²) in [5, 5.41) is 2.28. The van der Waals surface area contributed by atoms with Crippen LogP contribution >= 0.6 is 11.3 Å². The van der Waals surface area contributed by atoms with E-state index in [4.69, 9.17) is 6.85 Å². The Morgan fingerprint density at radius 1 is 0.915 bits per heavy atom. The molecule has 7 rings (SSSR count). The molecule has 6 aromatic rings. The first-order valence-corrected chi connectivity index (χ1v) is 24.6. The summed E-state index contributed by atoms with van der Waals surface area (Å²) in [4.78, 5) is 9.18. The van der Waals surface area contributed by atoms with E-state index in [9.17, 15) is 0 Å². The van der Waals surface area contributed by atoms with E-state index < -0.39 is 26.0 Å². The molecule has 3 heterocycles. The molecule has 3 aromatic carbocycles. The molecule has 1 fully saturated rings. The summed E-state index contributed by atoms with van der Waals surface area (Å²) in [6.45, 7) is 3.88. The maximum absolute atomic E-state index is 8.81. The normalized spacial score (nSPS) is 15.9. The Labute approximate surface area is 309 Å². The topological polar surface area (TPSA) is 25.8 Å². The second-order valence-corrected chi connectivity index (χ2v) is 25.1. The summed E-state index contributed by atoms with van der Waals surface area (Å²) in [6, 6.07) is 30.1. The molecule has 0 bridgehead atoms. The zero-order valence-electron chi connectivity index (χ0n) is 32.9.